The van der Waals surface area contributed by atoms with Crippen LogP contribution in [0.15, 0.2) is 18.2 Å². The van der Waals surface area contributed by atoms with Gasteiger partial charge in [-0.05, 0) is 44.6 Å². The Morgan fingerprint density at radius 1 is 1.11 bits per heavy atom. The number of rotatable bonds is 6. The number of aromatic nitrogens is 1. The van der Waals surface area contributed by atoms with E-state index in [0.29, 0.717) is 17.1 Å². The summed E-state index contributed by atoms with van der Waals surface area (Å²) in [5, 5.41) is 10.5. The summed E-state index contributed by atoms with van der Waals surface area (Å²) in [5.74, 6) is 2.02. The van der Waals surface area contributed by atoms with Crippen molar-refractivity contribution in [3.63, 3.8) is 0 Å². The minimum Gasteiger partial charge on any atom is -0.493 e. The van der Waals surface area contributed by atoms with E-state index < -0.39 is 0 Å². The maximum absolute atomic E-state index is 9.68. The normalized spacial score (nSPS) is 15.4. The van der Waals surface area contributed by atoms with Gasteiger partial charge in [-0.2, -0.15) is 5.26 Å². The van der Waals surface area contributed by atoms with Crippen LogP contribution in [-0.4, -0.2) is 63.4 Å². The smallest absolute Gasteiger partial charge is 0.162 e. The van der Waals surface area contributed by atoms with Gasteiger partial charge in [-0.15, -0.1) is 0 Å². The molecule has 1 aliphatic heterocycles. The first-order chi connectivity index (χ1) is 13.2. The third-order valence-corrected chi connectivity index (χ3v) is 4.99. The number of methoxy groups -OCH3 is 2. The van der Waals surface area contributed by atoms with Gasteiger partial charge in [-0.1, -0.05) is 0 Å². The molecule has 0 aliphatic carbocycles. The van der Waals surface area contributed by atoms with Crippen molar-refractivity contribution in [2.45, 2.75) is 12.8 Å². The van der Waals surface area contributed by atoms with E-state index in [1.165, 1.54) is 0 Å². The summed E-state index contributed by atoms with van der Waals surface area (Å²) in [6, 6.07) is 7.93. The first-order valence-corrected chi connectivity index (χ1v) is 9.34. The molecule has 144 valence electrons. The number of ether oxygens (including phenoxy) is 2. The molecule has 0 spiro atoms. The molecule has 0 amide bonds. The first-order valence-electron chi connectivity index (χ1n) is 9.34. The molecule has 7 heteroatoms. The van der Waals surface area contributed by atoms with Crippen LogP contribution in [0.25, 0.3) is 10.9 Å². The van der Waals surface area contributed by atoms with E-state index in [2.05, 4.69) is 15.9 Å². The molecule has 2 N–H and O–H groups in total. The highest BCUT2D eigenvalue weighted by Crippen LogP contribution is 2.33. The lowest BCUT2D eigenvalue weighted by Gasteiger charge is -2.24. The van der Waals surface area contributed by atoms with Gasteiger partial charge in [0, 0.05) is 31.1 Å². The van der Waals surface area contributed by atoms with E-state index in [9.17, 15) is 5.26 Å². The van der Waals surface area contributed by atoms with Crippen molar-refractivity contribution in [2.24, 2.45) is 5.73 Å². The van der Waals surface area contributed by atoms with Gasteiger partial charge in [0.1, 0.15) is 11.9 Å². The van der Waals surface area contributed by atoms with E-state index in [1.54, 1.807) is 14.2 Å². The maximum Gasteiger partial charge on any atom is 0.162 e. The zero-order valence-corrected chi connectivity index (χ0v) is 16.1. The Morgan fingerprint density at radius 2 is 1.89 bits per heavy atom. The van der Waals surface area contributed by atoms with Crippen LogP contribution in [0.1, 0.15) is 18.4 Å². The Balaban J connectivity index is 1.92. The minimum absolute atomic E-state index is 0.588. The molecule has 0 atom stereocenters. The molecule has 3 rings (SSSR count). The Labute approximate surface area is 160 Å². The van der Waals surface area contributed by atoms with E-state index in [0.717, 1.165) is 68.8 Å². The molecule has 27 heavy (non-hydrogen) atoms. The lowest BCUT2D eigenvalue weighted by molar-refractivity contribution is 0.291. The summed E-state index contributed by atoms with van der Waals surface area (Å²) in [5.41, 5.74) is 7.02. The largest absolute Gasteiger partial charge is 0.493 e. The Hall–Kier alpha value is -2.56. The highest BCUT2D eigenvalue weighted by atomic mass is 16.5. The van der Waals surface area contributed by atoms with Crippen LogP contribution in [0.3, 0.4) is 0 Å². The molecule has 2 aromatic rings. The summed E-state index contributed by atoms with van der Waals surface area (Å²) in [6.07, 6.45) is 2.06. The predicted molar refractivity (Wildman–Crippen MR) is 107 cm³/mol. The zero-order valence-electron chi connectivity index (χ0n) is 16.1. The SMILES string of the molecule is COc1cc2cc(C#N)c(N3CCCN(CCCN)CC3)nc2cc1OC. The monoisotopic (exact) mass is 369 g/mol. The second kappa shape index (κ2) is 8.89. The highest BCUT2D eigenvalue weighted by Gasteiger charge is 2.20. The molecule has 1 aromatic heterocycles. The van der Waals surface area contributed by atoms with Crippen LogP contribution < -0.4 is 20.1 Å². The van der Waals surface area contributed by atoms with Gasteiger partial charge >= 0.3 is 0 Å². The van der Waals surface area contributed by atoms with Gasteiger partial charge in [0.2, 0.25) is 0 Å². The maximum atomic E-state index is 9.68. The van der Waals surface area contributed by atoms with Gasteiger partial charge in [0.15, 0.2) is 11.5 Å². The Morgan fingerprint density at radius 3 is 2.59 bits per heavy atom. The van der Waals surface area contributed by atoms with E-state index in [1.807, 2.05) is 18.2 Å². The van der Waals surface area contributed by atoms with Crippen molar-refractivity contribution in [3.05, 3.63) is 23.8 Å². The lowest BCUT2D eigenvalue weighted by Crippen LogP contribution is -2.32. The minimum atomic E-state index is 0.588. The van der Waals surface area contributed by atoms with Crippen molar-refractivity contribution >= 4 is 16.7 Å². The molecule has 0 bridgehead atoms. The van der Waals surface area contributed by atoms with Gasteiger partial charge in [0.05, 0.1) is 25.3 Å². The second-order valence-corrected chi connectivity index (χ2v) is 6.70. The third kappa shape index (κ3) is 4.24. The molecule has 1 saturated heterocycles. The molecule has 1 aliphatic rings. The number of hydrogen-bond donors (Lipinski definition) is 1. The summed E-state index contributed by atoms with van der Waals surface area (Å²) < 4.78 is 10.8. The van der Waals surface area contributed by atoms with Gasteiger partial charge in [-0.25, -0.2) is 4.98 Å². The van der Waals surface area contributed by atoms with Crippen LogP contribution in [0.4, 0.5) is 5.82 Å². The molecular formula is C20H27N5O2. The predicted octanol–water partition coefficient (Wildman–Crippen LogP) is 1.98. The number of nitrogens with two attached hydrogens (primary N) is 1. The summed E-state index contributed by atoms with van der Waals surface area (Å²) in [6.45, 7) is 5.49. The van der Waals surface area contributed by atoms with Crippen molar-refractivity contribution < 1.29 is 9.47 Å². The second-order valence-electron chi connectivity index (χ2n) is 6.70. The van der Waals surface area contributed by atoms with Gasteiger partial charge < -0.3 is 25.0 Å². The number of pyridine rings is 1. The molecule has 0 saturated carbocycles. The lowest BCUT2D eigenvalue weighted by atomic mass is 10.1. The number of nitriles is 1. The first kappa shape index (κ1) is 19.2. The van der Waals surface area contributed by atoms with Crippen molar-refractivity contribution in [1.82, 2.24) is 9.88 Å². The van der Waals surface area contributed by atoms with Crippen molar-refractivity contribution in [3.8, 4) is 17.6 Å². The molecule has 2 heterocycles. The molecule has 1 aromatic carbocycles. The average molecular weight is 369 g/mol. The van der Waals surface area contributed by atoms with E-state index in [4.69, 9.17) is 20.2 Å². The van der Waals surface area contributed by atoms with Crippen LogP contribution >= 0.6 is 0 Å². The van der Waals surface area contributed by atoms with Crippen LogP contribution in [0.2, 0.25) is 0 Å². The fraction of sp³-hybridized carbons (Fsp3) is 0.500. The van der Waals surface area contributed by atoms with Crippen LogP contribution in [0.5, 0.6) is 11.5 Å². The Kier molecular flexibility index (Phi) is 6.32. The summed E-state index contributed by atoms with van der Waals surface area (Å²) in [7, 11) is 3.21. The van der Waals surface area contributed by atoms with Crippen molar-refractivity contribution in [1.29, 1.82) is 5.26 Å². The highest BCUT2D eigenvalue weighted by molar-refractivity contribution is 5.86. The van der Waals surface area contributed by atoms with E-state index in [-0.39, 0.29) is 0 Å². The zero-order chi connectivity index (χ0) is 19.2. The molecular weight excluding hydrogens is 342 g/mol. The van der Waals surface area contributed by atoms with E-state index >= 15 is 0 Å². The fourth-order valence-electron chi connectivity index (χ4n) is 3.54. The number of fused-ring (bicyclic) bond motifs is 1. The number of anilines is 1. The third-order valence-electron chi connectivity index (χ3n) is 4.99. The van der Waals surface area contributed by atoms with Crippen LogP contribution in [-0.2, 0) is 0 Å². The Bertz CT molecular complexity index is 833. The molecule has 1 fully saturated rings. The number of benzene rings is 1. The average Bonchev–Trinajstić information content (AvgIpc) is 2.95. The molecule has 0 unspecified atom stereocenters. The molecule has 7 nitrogen and oxygen atoms in total. The summed E-state index contributed by atoms with van der Waals surface area (Å²) in [4.78, 5) is 9.47. The van der Waals surface area contributed by atoms with Crippen LogP contribution in [0, 0.1) is 11.3 Å². The topological polar surface area (TPSA) is 87.6 Å². The van der Waals surface area contributed by atoms with Crippen molar-refractivity contribution in [2.75, 3.05) is 58.4 Å². The molecule has 0 radical (unpaired) electrons. The fourth-order valence-corrected chi connectivity index (χ4v) is 3.54. The number of nitrogens with zero attached hydrogens (tertiary/aromatic N) is 4. The van der Waals surface area contributed by atoms with Gasteiger partial charge in [-0.3, -0.25) is 0 Å². The summed E-state index contributed by atoms with van der Waals surface area (Å²) >= 11 is 0. The van der Waals surface area contributed by atoms with Gasteiger partial charge in [0.25, 0.3) is 0 Å². The quantitative estimate of drug-likeness (QED) is 0.833. The standard InChI is InChI=1S/C20H27N5O2/c1-26-18-12-15-11-16(14-22)20(23-17(15)13-19(18)27-2)25-8-4-7-24(9-10-25)6-3-5-21/h11-13H,3-10,21H2,1-2H3. The number of hydrogen-bond acceptors (Lipinski definition) is 7.